The molecule has 0 heterocycles. The van der Waals surface area contributed by atoms with E-state index in [2.05, 4.69) is 0 Å². The maximum Gasteiger partial charge on any atom is 0 e. The van der Waals surface area contributed by atoms with E-state index in [1.165, 1.54) is 0 Å². The molecule has 0 aliphatic carbocycles. The average molecular weight is 121 g/mol. The molecular formula is Al3Ca. The summed E-state index contributed by atoms with van der Waals surface area (Å²) >= 11 is 0. The van der Waals surface area contributed by atoms with E-state index >= 15 is 0 Å². The second kappa shape index (κ2) is 16.9. The minimum Gasteiger partial charge on any atom is 0 e. The van der Waals surface area contributed by atoms with Gasteiger partial charge in [-0.25, -0.2) is 0 Å². The van der Waals surface area contributed by atoms with Crippen LogP contribution >= 0.6 is 0 Å². The van der Waals surface area contributed by atoms with Gasteiger partial charge in [0.15, 0.2) is 0 Å². The number of hydrogen-bond acceptors (Lipinski definition) is 0. The average Bonchev–Trinajstić information content (AvgIpc) is 0. The molecule has 11 valence electrons. The van der Waals surface area contributed by atoms with Gasteiger partial charge in [-0.2, -0.15) is 0 Å². The van der Waals surface area contributed by atoms with Gasteiger partial charge in [-0.1, -0.05) is 0 Å². The summed E-state index contributed by atoms with van der Waals surface area (Å²) < 4.78 is 0. The molecular weight excluding hydrogens is 121 g/mol. The van der Waals surface area contributed by atoms with Gasteiger partial charge in [0.25, 0.3) is 0 Å². The Bertz CT molecular complexity index is 3.25. The van der Waals surface area contributed by atoms with E-state index in [0.29, 0.717) is 0 Å². The second-order valence-electron chi connectivity index (χ2n) is 0. The molecule has 0 aromatic rings. The molecule has 4 heavy (non-hydrogen) atoms. The Balaban J connectivity index is 0. The first-order valence-electron chi connectivity index (χ1n) is 0. The molecule has 0 aromatic carbocycles. The van der Waals surface area contributed by atoms with Crippen LogP contribution in [0.5, 0.6) is 0 Å². The predicted octanol–water partition coefficient (Wildman–Crippen LogP) is -1.52. The first-order chi connectivity index (χ1) is 0. The molecule has 0 nitrogen and oxygen atoms in total. The maximum absolute atomic E-state index is 0. The molecule has 11 radical (unpaired) electrons. The van der Waals surface area contributed by atoms with Gasteiger partial charge in [0.05, 0.1) is 0 Å². The molecule has 0 N–H and O–H groups in total. The van der Waals surface area contributed by atoms with Gasteiger partial charge in [0, 0.05) is 89.8 Å². The molecule has 0 aromatic heterocycles. The largest absolute Gasteiger partial charge is 0 e. The zero-order chi connectivity index (χ0) is 0. The zero-order valence-electron chi connectivity index (χ0n) is 2.44. The Morgan fingerprint density at radius 2 is 0.500 bits per heavy atom. The summed E-state index contributed by atoms with van der Waals surface area (Å²) in [5.41, 5.74) is 0. The molecule has 4 heteroatoms. The van der Waals surface area contributed by atoms with Crippen molar-refractivity contribution in [1.82, 2.24) is 0 Å². The maximum atomic E-state index is 0. The van der Waals surface area contributed by atoms with Crippen molar-refractivity contribution >= 4 is 89.8 Å². The van der Waals surface area contributed by atoms with Gasteiger partial charge in [0.2, 0.25) is 0 Å². The van der Waals surface area contributed by atoms with Crippen LogP contribution in [0.4, 0.5) is 0 Å². The summed E-state index contributed by atoms with van der Waals surface area (Å²) in [6, 6.07) is 0. The third-order valence-corrected chi connectivity index (χ3v) is 0. The Kier molecular flexibility index (Phi) is 122. The molecule has 0 bridgehead atoms. The fraction of sp³-hybridized carbons (Fsp3) is 0. The molecule has 0 fully saturated rings. The van der Waals surface area contributed by atoms with E-state index in [-0.39, 0.29) is 89.8 Å². The third kappa shape index (κ3) is 8.85. The normalized spacial score (nSPS) is 0. The molecule has 0 atom stereocenters. The summed E-state index contributed by atoms with van der Waals surface area (Å²) in [7, 11) is 0. The van der Waals surface area contributed by atoms with E-state index in [0.717, 1.165) is 0 Å². The molecule has 0 aliphatic rings. The van der Waals surface area contributed by atoms with E-state index in [1.807, 2.05) is 0 Å². The number of hydrogen-bond donors (Lipinski definition) is 0. The Labute approximate surface area is 88.1 Å². The van der Waals surface area contributed by atoms with Crippen molar-refractivity contribution in [3.63, 3.8) is 0 Å². The fourth-order valence-corrected chi connectivity index (χ4v) is 0. The van der Waals surface area contributed by atoms with Crippen LogP contribution < -0.4 is 0 Å². The Morgan fingerprint density at radius 1 is 0.500 bits per heavy atom. The van der Waals surface area contributed by atoms with Gasteiger partial charge < -0.3 is 0 Å². The molecule has 0 saturated carbocycles. The van der Waals surface area contributed by atoms with Crippen molar-refractivity contribution in [1.29, 1.82) is 0 Å². The zero-order valence-corrected chi connectivity index (χ0v) is 8.11. The monoisotopic (exact) mass is 121 g/mol. The SMILES string of the molecule is [Al].[Al].[Al].[Ca]. The molecule has 0 saturated heterocycles. The quantitative estimate of drug-likeness (QED) is 0.341. The first kappa shape index (κ1) is 28.8. The molecule has 0 rings (SSSR count). The van der Waals surface area contributed by atoms with Gasteiger partial charge in [-0.3, -0.25) is 0 Å². The molecule has 0 amide bonds. The van der Waals surface area contributed by atoms with E-state index in [4.69, 9.17) is 0 Å². The minimum absolute atomic E-state index is 0. The van der Waals surface area contributed by atoms with Crippen LogP contribution in [-0.2, 0) is 0 Å². The van der Waals surface area contributed by atoms with Crippen LogP contribution in [-0.4, -0.2) is 89.8 Å². The van der Waals surface area contributed by atoms with Crippen molar-refractivity contribution in [3.05, 3.63) is 0 Å². The Morgan fingerprint density at radius 3 is 0.500 bits per heavy atom. The van der Waals surface area contributed by atoms with Gasteiger partial charge >= 0.3 is 0 Å². The van der Waals surface area contributed by atoms with E-state index < -0.39 is 0 Å². The summed E-state index contributed by atoms with van der Waals surface area (Å²) in [4.78, 5) is 0. The van der Waals surface area contributed by atoms with Crippen LogP contribution in [0, 0.1) is 0 Å². The summed E-state index contributed by atoms with van der Waals surface area (Å²) in [5, 5.41) is 0. The van der Waals surface area contributed by atoms with Gasteiger partial charge in [-0.05, 0) is 0 Å². The standard InChI is InChI=1S/3Al.Ca. The summed E-state index contributed by atoms with van der Waals surface area (Å²) in [6.45, 7) is 0. The van der Waals surface area contributed by atoms with Crippen molar-refractivity contribution in [2.45, 2.75) is 0 Å². The summed E-state index contributed by atoms with van der Waals surface area (Å²) in [5.74, 6) is 0. The van der Waals surface area contributed by atoms with Crippen molar-refractivity contribution in [2.24, 2.45) is 0 Å². The fourth-order valence-electron chi connectivity index (χ4n) is 0. The van der Waals surface area contributed by atoms with Crippen LogP contribution in [0.1, 0.15) is 0 Å². The van der Waals surface area contributed by atoms with E-state index in [1.54, 1.807) is 0 Å². The topological polar surface area (TPSA) is 0 Å². The Hall–Kier alpha value is 2.86. The number of rotatable bonds is 0. The van der Waals surface area contributed by atoms with Crippen LogP contribution in [0.2, 0.25) is 0 Å². The van der Waals surface area contributed by atoms with E-state index in [9.17, 15) is 0 Å². The van der Waals surface area contributed by atoms with Crippen molar-refractivity contribution in [3.8, 4) is 0 Å². The third-order valence-electron chi connectivity index (χ3n) is 0. The van der Waals surface area contributed by atoms with Crippen LogP contribution in [0.25, 0.3) is 0 Å². The molecule has 0 aliphatic heterocycles. The predicted molar refractivity (Wildman–Crippen MR) is 23.0 cm³/mol. The summed E-state index contributed by atoms with van der Waals surface area (Å²) in [6.07, 6.45) is 0. The smallest absolute Gasteiger partial charge is 0 e. The van der Waals surface area contributed by atoms with Crippen LogP contribution in [0.15, 0.2) is 0 Å². The first-order valence-corrected chi connectivity index (χ1v) is 0. The molecule has 0 unspecified atom stereocenters. The van der Waals surface area contributed by atoms with Gasteiger partial charge in [-0.15, -0.1) is 0 Å². The van der Waals surface area contributed by atoms with Crippen molar-refractivity contribution < 1.29 is 0 Å². The van der Waals surface area contributed by atoms with Crippen molar-refractivity contribution in [2.75, 3.05) is 0 Å². The van der Waals surface area contributed by atoms with Gasteiger partial charge in [0.1, 0.15) is 0 Å². The molecule has 0 spiro atoms. The second-order valence-corrected chi connectivity index (χ2v) is 0. The minimum atomic E-state index is 0. The van der Waals surface area contributed by atoms with Crippen LogP contribution in [0.3, 0.4) is 0 Å².